The monoisotopic (exact) mass is 272 g/mol. The van der Waals surface area contributed by atoms with Gasteiger partial charge < -0.3 is 10.4 Å². The molecule has 0 bridgehead atoms. The molecular formula is C12H24N4OS. The summed E-state index contributed by atoms with van der Waals surface area (Å²) in [5.41, 5.74) is -0.156. The Bertz CT molecular complexity index is 345. The maximum absolute atomic E-state index is 9.44. The predicted octanol–water partition coefficient (Wildman–Crippen LogP) is 1.44. The fraction of sp³-hybridized carbons (Fsp3) is 0.833. The zero-order chi connectivity index (χ0) is 13.4. The maximum atomic E-state index is 9.44. The van der Waals surface area contributed by atoms with Crippen molar-refractivity contribution in [2.24, 2.45) is 7.05 Å². The molecule has 0 amide bonds. The second-order valence-corrected chi connectivity index (χ2v) is 5.83. The van der Waals surface area contributed by atoms with E-state index in [-0.39, 0.29) is 12.1 Å². The first-order valence-electron chi connectivity index (χ1n) is 6.44. The number of thioether (sulfide) groups is 1. The van der Waals surface area contributed by atoms with Crippen LogP contribution in [0.5, 0.6) is 0 Å². The van der Waals surface area contributed by atoms with Crippen LogP contribution in [-0.2, 0) is 7.05 Å². The molecule has 0 fully saturated rings. The Labute approximate surface area is 113 Å². The molecular weight excluding hydrogens is 248 g/mol. The molecule has 0 aliphatic carbocycles. The Balaban J connectivity index is 2.25. The van der Waals surface area contributed by atoms with Crippen molar-refractivity contribution in [3.05, 3.63) is 6.33 Å². The van der Waals surface area contributed by atoms with Gasteiger partial charge in [-0.15, -0.1) is 0 Å². The van der Waals surface area contributed by atoms with Crippen LogP contribution in [0.1, 0.15) is 33.1 Å². The van der Waals surface area contributed by atoms with E-state index in [9.17, 15) is 5.11 Å². The molecule has 0 spiro atoms. The van der Waals surface area contributed by atoms with Gasteiger partial charge in [-0.25, -0.2) is 9.67 Å². The van der Waals surface area contributed by atoms with E-state index >= 15 is 0 Å². The average molecular weight is 272 g/mol. The molecule has 1 heterocycles. The standard InChI is InChI=1S/C12H24N4OS/c1-4-7-14-12(2,9-17)6-5-8-18-11-13-10-15-16(11)3/h10,14,17H,4-9H2,1-3H3. The fourth-order valence-electron chi connectivity index (χ4n) is 1.69. The summed E-state index contributed by atoms with van der Waals surface area (Å²) < 4.78 is 1.78. The van der Waals surface area contributed by atoms with E-state index in [0.29, 0.717) is 0 Å². The molecule has 0 aliphatic rings. The number of hydrogen-bond acceptors (Lipinski definition) is 5. The molecule has 1 aromatic rings. The molecule has 104 valence electrons. The third-order valence-electron chi connectivity index (χ3n) is 2.92. The lowest BCUT2D eigenvalue weighted by molar-refractivity contribution is 0.165. The van der Waals surface area contributed by atoms with E-state index in [1.54, 1.807) is 22.8 Å². The molecule has 1 atom stereocenters. The first-order valence-corrected chi connectivity index (χ1v) is 7.42. The molecule has 1 rings (SSSR count). The number of rotatable bonds is 9. The summed E-state index contributed by atoms with van der Waals surface area (Å²) in [6, 6.07) is 0. The van der Waals surface area contributed by atoms with Crippen molar-refractivity contribution in [3.63, 3.8) is 0 Å². The van der Waals surface area contributed by atoms with Gasteiger partial charge >= 0.3 is 0 Å². The van der Waals surface area contributed by atoms with Crippen LogP contribution in [0, 0.1) is 0 Å². The van der Waals surface area contributed by atoms with Crippen LogP contribution in [0.2, 0.25) is 0 Å². The lowest BCUT2D eigenvalue weighted by atomic mass is 9.97. The van der Waals surface area contributed by atoms with Crippen molar-refractivity contribution in [2.45, 2.75) is 43.8 Å². The SMILES string of the molecule is CCCNC(C)(CO)CCCSc1ncnn1C. The molecule has 0 aliphatic heterocycles. The second kappa shape index (κ2) is 7.76. The summed E-state index contributed by atoms with van der Waals surface area (Å²) >= 11 is 1.71. The van der Waals surface area contributed by atoms with E-state index < -0.39 is 0 Å². The second-order valence-electron chi connectivity index (χ2n) is 4.76. The topological polar surface area (TPSA) is 63.0 Å². The minimum absolute atomic E-state index is 0.156. The number of aryl methyl sites for hydroxylation is 1. The summed E-state index contributed by atoms with van der Waals surface area (Å²) in [4.78, 5) is 4.17. The van der Waals surface area contributed by atoms with Gasteiger partial charge in [0.15, 0.2) is 5.16 Å². The van der Waals surface area contributed by atoms with Crippen LogP contribution in [0.15, 0.2) is 11.5 Å². The van der Waals surface area contributed by atoms with Gasteiger partial charge in [-0.2, -0.15) is 5.10 Å². The van der Waals surface area contributed by atoms with E-state index in [1.807, 2.05) is 7.05 Å². The van der Waals surface area contributed by atoms with Crippen molar-refractivity contribution in [1.29, 1.82) is 0 Å². The predicted molar refractivity (Wildman–Crippen MR) is 74.7 cm³/mol. The smallest absolute Gasteiger partial charge is 0.185 e. The molecule has 0 saturated carbocycles. The molecule has 2 N–H and O–H groups in total. The molecule has 0 radical (unpaired) electrons. The van der Waals surface area contributed by atoms with Crippen molar-refractivity contribution < 1.29 is 5.11 Å². The quantitative estimate of drug-likeness (QED) is 0.526. The van der Waals surface area contributed by atoms with Gasteiger partial charge in [-0.1, -0.05) is 18.7 Å². The van der Waals surface area contributed by atoms with Gasteiger partial charge in [0.05, 0.1) is 6.61 Å². The summed E-state index contributed by atoms with van der Waals surface area (Å²) in [5, 5.41) is 17.8. The number of aliphatic hydroxyl groups excluding tert-OH is 1. The van der Waals surface area contributed by atoms with Gasteiger partial charge in [-0.05, 0) is 32.7 Å². The molecule has 6 heteroatoms. The van der Waals surface area contributed by atoms with Crippen LogP contribution in [0.4, 0.5) is 0 Å². The number of nitrogens with one attached hydrogen (secondary N) is 1. The Morgan fingerprint density at radius 1 is 1.56 bits per heavy atom. The molecule has 0 aromatic carbocycles. The van der Waals surface area contributed by atoms with Crippen molar-refractivity contribution >= 4 is 11.8 Å². The van der Waals surface area contributed by atoms with Crippen LogP contribution < -0.4 is 5.32 Å². The zero-order valence-electron chi connectivity index (χ0n) is 11.5. The molecule has 0 saturated heterocycles. The lowest BCUT2D eigenvalue weighted by Crippen LogP contribution is -2.46. The first-order chi connectivity index (χ1) is 8.61. The summed E-state index contributed by atoms with van der Waals surface area (Å²) in [6.45, 7) is 5.35. The minimum atomic E-state index is -0.156. The minimum Gasteiger partial charge on any atom is -0.394 e. The van der Waals surface area contributed by atoms with Crippen LogP contribution in [0.25, 0.3) is 0 Å². The number of hydrogen-bond donors (Lipinski definition) is 2. The number of nitrogens with zero attached hydrogens (tertiary/aromatic N) is 3. The van der Waals surface area contributed by atoms with Crippen LogP contribution >= 0.6 is 11.8 Å². The average Bonchev–Trinajstić information content (AvgIpc) is 2.78. The van der Waals surface area contributed by atoms with Crippen LogP contribution in [0.3, 0.4) is 0 Å². The maximum Gasteiger partial charge on any atom is 0.185 e. The zero-order valence-corrected chi connectivity index (χ0v) is 12.3. The van der Waals surface area contributed by atoms with Gasteiger partial charge in [0.2, 0.25) is 0 Å². The number of aromatic nitrogens is 3. The summed E-state index contributed by atoms with van der Waals surface area (Å²) in [7, 11) is 1.90. The van der Waals surface area contributed by atoms with E-state index in [4.69, 9.17) is 0 Å². The van der Waals surface area contributed by atoms with E-state index in [1.165, 1.54) is 0 Å². The van der Waals surface area contributed by atoms with Crippen molar-refractivity contribution in [3.8, 4) is 0 Å². The Morgan fingerprint density at radius 3 is 2.89 bits per heavy atom. The third-order valence-corrected chi connectivity index (χ3v) is 4.05. The Morgan fingerprint density at radius 2 is 2.33 bits per heavy atom. The molecule has 18 heavy (non-hydrogen) atoms. The van der Waals surface area contributed by atoms with Gasteiger partial charge in [-0.3, -0.25) is 0 Å². The largest absolute Gasteiger partial charge is 0.394 e. The van der Waals surface area contributed by atoms with Gasteiger partial charge in [0.25, 0.3) is 0 Å². The van der Waals surface area contributed by atoms with Crippen LogP contribution in [-0.4, -0.2) is 44.3 Å². The van der Waals surface area contributed by atoms with E-state index in [2.05, 4.69) is 29.2 Å². The highest BCUT2D eigenvalue weighted by Crippen LogP contribution is 2.18. The van der Waals surface area contributed by atoms with Crippen molar-refractivity contribution in [1.82, 2.24) is 20.1 Å². The van der Waals surface area contributed by atoms with Gasteiger partial charge in [0, 0.05) is 18.3 Å². The van der Waals surface area contributed by atoms with E-state index in [0.717, 1.165) is 36.7 Å². The fourth-order valence-corrected chi connectivity index (χ4v) is 2.52. The molecule has 5 nitrogen and oxygen atoms in total. The molecule has 1 unspecified atom stereocenters. The highest BCUT2D eigenvalue weighted by Gasteiger charge is 2.21. The summed E-state index contributed by atoms with van der Waals surface area (Å²) in [6.07, 6.45) is 4.67. The lowest BCUT2D eigenvalue weighted by Gasteiger charge is -2.28. The highest BCUT2D eigenvalue weighted by molar-refractivity contribution is 7.99. The van der Waals surface area contributed by atoms with Crippen molar-refractivity contribution in [2.75, 3.05) is 18.9 Å². The Kier molecular flexibility index (Phi) is 6.67. The van der Waals surface area contributed by atoms with Gasteiger partial charge in [0.1, 0.15) is 6.33 Å². The highest BCUT2D eigenvalue weighted by atomic mass is 32.2. The third kappa shape index (κ3) is 4.96. The Hall–Kier alpha value is -0.590. The number of aliphatic hydroxyl groups is 1. The molecule has 1 aromatic heterocycles. The summed E-state index contributed by atoms with van der Waals surface area (Å²) in [5.74, 6) is 0.996. The first kappa shape index (κ1) is 15.5. The normalized spacial score (nSPS) is 14.7.